The van der Waals surface area contributed by atoms with Crippen molar-refractivity contribution in [2.75, 3.05) is 26.3 Å². The van der Waals surface area contributed by atoms with Crippen LogP contribution in [0, 0.1) is 0 Å². The van der Waals surface area contributed by atoms with Gasteiger partial charge in [-0.2, -0.15) is 0 Å². The van der Waals surface area contributed by atoms with Crippen molar-refractivity contribution in [1.29, 1.82) is 0 Å². The predicted molar refractivity (Wildman–Crippen MR) is 144 cm³/mol. The summed E-state index contributed by atoms with van der Waals surface area (Å²) in [5, 5.41) is 5.21. The molecule has 0 heterocycles. The first-order valence-electron chi connectivity index (χ1n) is 12.5. The Bertz CT molecular complexity index is 1450. The fraction of sp³-hybridized carbons (Fsp3) is 0.286. The molecule has 3 rings (SSSR count). The molecule has 1 aliphatic carbocycles. The molecule has 0 radical (unpaired) electrons. The van der Waals surface area contributed by atoms with Gasteiger partial charge in [0.2, 0.25) is 11.8 Å². The Kier molecular flexibility index (Phi) is 12.9. The number of ketones is 2. The molecule has 41 heavy (non-hydrogen) atoms. The number of carbonyl (C=O) groups is 4. The largest absolute Gasteiger partial charge is 1.00 e. The van der Waals surface area contributed by atoms with Crippen LogP contribution in [0.15, 0.2) is 60.5 Å². The molecule has 0 bridgehead atoms. The van der Waals surface area contributed by atoms with Crippen LogP contribution >= 0.6 is 0 Å². The number of benzene rings is 2. The zero-order chi connectivity index (χ0) is 29.3. The van der Waals surface area contributed by atoms with Gasteiger partial charge >= 0.3 is 29.6 Å². The van der Waals surface area contributed by atoms with Crippen LogP contribution in [0.1, 0.15) is 57.5 Å². The van der Waals surface area contributed by atoms with E-state index in [1.807, 2.05) is 0 Å². The van der Waals surface area contributed by atoms with Gasteiger partial charge in [0.1, 0.15) is 15.0 Å². The van der Waals surface area contributed by atoms with Crippen LogP contribution in [0.25, 0.3) is 0 Å². The van der Waals surface area contributed by atoms with Gasteiger partial charge in [0.25, 0.3) is 0 Å². The number of carbonyl (C=O) groups excluding carboxylic acids is 4. The van der Waals surface area contributed by atoms with Crippen LogP contribution in [0.4, 0.5) is 0 Å². The normalized spacial score (nSPS) is 11.8. The Hall–Kier alpha value is -3.29. The third-order valence-electron chi connectivity index (χ3n) is 5.96. The Labute approximate surface area is 260 Å². The van der Waals surface area contributed by atoms with Crippen LogP contribution in [-0.2, 0) is 19.7 Å². The van der Waals surface area contributed by atoms with Crippen molar-refractivity contribution in [3.8, 4) is 11.5 Å². The molecular formula is C28H29N2NaO9S. The number of ether oxygens (including phenoxy) is 2. The van der Waals surface area contributed by atoms with Crippen molar-refractivity contribution in [1.82, 2.24) is 10.6 Å². The minimum absolute atomic E-state index is 0. The molecule has 2 N–H and O–H groups in total. The van der Waals surface area contributed by atoms with Gasteiger partial charge in [-0.25, -0.2) is 8.42 Å². The van der Waals surface area contributed by atoms with Crippen molar-refractivity contribution in [2.24, 2.45) is 0 Å². The van der Waals surface area contributed by atoms with Crippen molar-refractivity contribution in [3.63, 3.8) is 0 Å². The minimum Gasteiger partial charge on any atom is -0.744 e. The molecule has 0 fully saturated rings. The molecule has 13 heteroatoms. The van der Waals surface area contributed by atoms with Gasteiger partial charge in [-0.1, -0.05) is 37.4 Å². The molecule has 0 unspecified atom stereocenters. The summed E-state index contributed by atoms with van der Waals surface area (Å²) in [6, 6.07) is 6.94. The molecule has 212 valence electrons. The number of nitrogens with one attached hydrogen (secondary N) is 2. The van der Waals surface area contributed by atoms with E-state index in [0.717, 1.165) is 18.2 Å². The van der Waals surface area contributed by atoms with E-state index < -0.39 is 32.3 Å². The topological polar surface area (TPSA) is 168 Å². The van der Waals surface area contributed by atoms with Gasteiger partial charge in [-0.05, 0) is 43.9 Å². The maximum Gasteiger partial charge on any atom is 1.00 e. The van der Waals surface area contributed by atoms with E-state index in [0.29, 0.717) is 38.8 Å². The molecule has 2 aromatic rings. The molecule has 11 nitrogen and oxygen atoms in total. The summed E-state index contributed by atoms with van der Waals surface area (Å²) in [5.74, 6) is -2.66. The molecule has 0 spiro atoms. The zero-order valence-electron chi connectivity index (χ0n) is 22.7. The first-order valence-corrected chi connectivity index (χ1v) is 13.9. The van der Waals surface area contributed by atoms with Gasteiger partial charge in [0.05, 0.1) is 18.8 Å². The second kappa shape index (κ2) is 15.6. The van der Waals surface area contributed by atoms with Crippen LogP contribution < -0.4 is 49.7 Å². The minimum atomic E-state index is -5.16. The summed E-state index contributed by atoms with van der Waals surface area (Å²) in [7, 11) is -5.16. The third-order valence-corrected chi connectivity index (χ3v) is 6.81. The zero-order valence-corrected chi connectivity index (χ0v) is 25.5. The molecule has 0 aliphatic heterocycles. The third kappa shape index (κ3) is 8.60. The van der Waals surface area contributed by atoms with Crippen LogP contribution in [0.3, 0.4) is 0 Å². The van der Waals surface area contributed by atoms with E-state index >= 15 is 0 Å². The van der Waals surface area contributed by atoms with Gasteiger partial charge in [-0.3, -0.25) is 19.2 Å². The number of unbranched alkanes of at least 4 members (excludes halogenated alkanes) is 2. The summed E-state index contributed by atoms with van der Waals surface area (Å²) < 4.78 is 48.4. The van der Waals surface area contributed by atoms with Gasteiger partial charge in [0.15, 0.2) is 23.1 Å². The first-order chi connectivity index (χ1) is 19.1. The smallest absolute Gasteiger partial charge is 0.744 e. The Morgan fingerprint density at radius 3 is 1.78 bits per heavy atom. The maximum atomic E-state index is 13.5. The van der Waals surface area contributed by atoms with Crippen molar-refractivity contribution >= 4 is 33.5 Å². The average molecular weight is 593 g/mol. The Morgan fingerprint density at radius 1 is 0.805 bits per heavy atom. The molecule has 0 aromatic heterocycles. The number of hydrogen-bond acceptors (Lipinski definition) is 9. The average Bonchev–Trinajstić information content (AvgIpc) is 2.94. The van der Waals surface area contributed by atoms with Gasteiger partial charge in [0, 0.05) is 29.8 Å². The maximum absolute atomic E-state index is 13.5. The van der Waals surface area contributed by atoms with Crippen molar-refractivity contribution in [2.45, 2.75) is 30.6 Å². The molecule has 2 aromatic carbocycles. The molecule has 0 saturated heterocycles. The number of rotatable bonds is 15. The summed E-state index contributed by atoms with van der Waals surface area (Å²) in [5.41, 5.74) is -0.276. The van der Waals surface area contributed by atoms with Crippen LogP contribution in [0.2, 0.25) is 0 Å². The monoisotopic (exact) mass is 592 g/mol. The first kappa shape index (κ1) is 33.9. The van der Waals surface area contributed by atoms with Crippen molar-refractivity contribution < 1.29 is 71.2 Å². The Morgan fingerprint density at radius 2 is 1.29 bits per heavy atom. The standard InChI is InChI=1S/C28H30N2O9S.Na/c1-3-22(31)29-13-7-9-15-38-27-21(40(35,36)37)17-20-24(26(34)19-12-6-5-11-18(19)25(20)33)28(27)39-16-10-8-14-30-23(32)4-2;/h3-6,11-12,17H,1-2,7-10,13-16H2,(H,29,31)(H,30,32)(H,35,36,37);/q;+1/p-1. The molecule has 1 aliphatic rings. The predicted octanol–water partition coefficient (Wildman–Crippen LogP) is -0.707. The summed E-state index contributed by atoms with van der Waals surface area (Å²) in [4.78, 5) is 48.6. The molecule has 2 amide bonds. The second-order valence-electron chi connectivity index (χ2n) is 8.71. The van der Waals surface area contributed by atoms with E-state index in [-0.39, 0.29) is 82.6 Å². The van der Waals surface area contributed by atoms with E-state index in [1.165, 1.54) is 12.1 Å². The number of amides is 2. The fourth-order valence-electron chi connectivity index (χ4n) is 4.01. The molecular weight excluding hydrogens is 563 g/mol. The van der Waals surface area contributed by atoms with Crippen molar-refractivity contribution in [3.05, 3.63) is 77.9 Å². The summed E-state index contributed by atoms with van der Waals surface area (Å²) in [6.45, 7) is 7.24. The second-order valence-corrected chi connectivity index (χ2v) is 10.1. The van der Waals surface area contributed by atoms with Gasteiger partial charge in [-0.15, -0.1) is 0 Å². The van der Waals surface area contributed by atoms with Crippen LogP contribution in [-0.4, -0.2) is 62.7 Å². The van der Waals surface area contributed by atoms with Crippen LogP contribution in [0.5, 0.6) is 11.5 Å². The van der Waals surface area contributed by atoms with E-state index in [4.69, 9.17) is 9.47 Å². The van der Waals surface area contributed by atoms with E-state index in [2.05, 4.69) is 23.8 Å². The van der Waals surface area contributed by atoms with E-state index in [9.17, 15) is 32.1 Å². The SMILES string of the molecule is C=CC(=O)NCCCCOc1c(S(=O)(=O)[O-])cc2c(c1OCCCCNC(=O)C=C)C(=O)c1ccccc1C2=O.[Na+]. The molecule has 0 atom stereocenters. The molecule has 0 saturated carbocycles. The Balaban J connectivity index is 0.00000588. The summed E-state index contributed by atoms with van der Waals surface area (Å²) in [6.07, 6.45) is 3.93. The number of hydrogen-bond donors (Lipinski definition) is 2. The van der Waals surface area contributed by atoms with Gasteiger partial charge < -0.3 is 24.7 Å². The van der Waals surface area contributed by atoms with E-state index in [1.54, 1.807) is 12.1 Å². The quantitative estimate of drug-likeness (QED) is 0.100. The summed E-state index contributed by atoms with van der Waals surface area (Å²) >= 11 is 0. The fourth-order valence-corrected chi connectivity index (χ4v) is 4.65. The number of fused-ring (bicyclic) bond motifs is 2.